The highest BCUT2D eigenvalue weighted by Crippen LogP contribution is 2.16. The molecule has 0 saturated carbocycles. The minimum atomic E-state index is 0. The predicted molar refractivity (Wildman–Crippen MR) is 100 cm³/mol. The maximum Gasteiger partial charge on any atom is 0.188 e. The smallest absolute Gasteiger partial charge is 0.188 e. The summed E-state index contributed by atoms with van der Waals surface area (Å²) in [5, 5.41) is 3.25. The fraction of sp³-hybridized carbons (Fsp3) is 0.933. The molecule has 2 fully saturated rings. The number of hydrogen-bond donors (Lipinski definition) is 2. The predicted octanol–water partition coefficient (Wildman–Crippen LogP) is 1.48. The van der Waals surface area contributed by atoms with Crippen LogP contribution in [0.5, 0.6) is 0 Å². The molecule has 0 aromatic rings. The third kappa shape index (κ3) is 6.69. The first-order valence-corrected chi connectivity index (χ1v) is 8.30. The van der Waals surface area contributed by atoms with E-state index in [9.17, 15) is 0 Å². The van der Waals surface area contributed by atoms with Crippen molar-refractivity contribution in [2.75, 3.05) is 45.8 Å². The number of nitrogens with one attached hydrogen (secondary N) is 1. The van der Waals surface area contributed by atoms with Crippen LogP contribution in [-0.4, -0.2) is 67.6 Å². The number of aliphatic imine (C=N–C) groups is 1. The molecule has 0 spiro atoms. The minimum Gasteiger partial charge on any atom is -0.370 e. The molecule has 6 heteroatoms. The first-order valence-electron chi connectivity index (χ1n) is 8.30. The van der Waals surface area contributed by atoms with E-state index in [4.69, 9.17) is 5.73 Å². The average molecular weight is 409 g/mol. The molecule has 124 valence electrons. The van der Waals surface area contributed by atoms with Gasteiger partial charge < -0.3 is 16.0 Å². The van der Waals surface area contributed by atoms with Crippen LogP contribution in [0, 0.1) is 0 Å². The fourth-order valence-corrected chi connectivity index (χ4v) is 3.30. The molecule has 2 rings (SSSR count). The lowest BCUT2D eigenvalue weighted by Crippen LogP contribution is -2.41. The first-order chi connectivity index (χ1) is 9.79. The quantitative estimate of drug-likeness (QED) is 0.397. The maximum atomic E-state index is 5.96. The Labute approximate surface area is 146 Å². The van der Waals surface area contributed by atoms with E-state index < -0.39 is 0 Å². The number of likely N-dealkylation sites (tertiary alicyclic amines) is 2. The minimum absolute atomic E-state index is 0. The highest BCUT2D eigenvalue weighted by atomic mass is 127. The van der Waals surface area contributed by atoms with Gasteiger partial charge in [0.15, 0.2) is 5.96 Å². The summed E-state index contributed by atoms with van der Waals surface area (Å²) in [5.41, 5.74) is 5.96. The van der Waals surface area contributed by atoms with Gasteiger partial charge in [-0.15, -0.1) is 24.0 Å². The standard InChI is InChI=1S/C15H31N5.HI/c1-2-20-11-6-7-14(20)13-18-15(16)17-8-12-19-9-4-3-5-10-19;/h14H,2-13H2,1H3,(H3,16,17,18);1H. The second-order valence-electron chi connectivity index (χ2n) is 5.98. The zero-order chi connectivity index (χ0) is 14.2. The number of likely N-dealkylation sites (N-methyl/N-ethyl adjacent to an activating group) is 1. The van der Waals surface area contributed by atoms with Crippen LogP contribution in [0.3, 0.4) is 0 Å². The van der Waals surface area contributed by atoms with Crippen LogP contribution in [0.1, 0.15) is 39.0 Å². The van der Waals surface area contributed by atoms with Crippen LogP contribution in [0.15, 0.2) is 4.99 Å². The lowest BCUT2D eigenvalue weighted by Gasteiger charge is -2.26. The van der Waals surface area contributed by atoms with Crippen molar-refractivity contribution in [3.63, 3.8) is 0 Å². The fourth-order valence-electron chi connectivity index (χ4n) is 3.30. The summed E-state index contributed by atoms with van der Waals surface area (Å²) < 4.78 is 0. The van der Waals surface area contributed by atoms with Crippen LogP contribution in [0.4, 0.5) is 0 Å². The molecule has 0 aromatic heterocycles. The van der Waals surface area contributed by atoms with Crippen molar-refractivity contribution in [1.82, 2.24) is 15.1 Å². The Hall–Kier alpha value is -0.0800. The molecule has 0 aromatic carbocycles. The second-order valence-corrected chi connectivity index (χ2v) is 5.98. The molecule has 0 amide bonds. The summed E-state index contributed by atoms with van der Waals surface area (Å²) >= 11 is 0. The SMILES string of the molecule is CCN1CCCC1CN=C(N)NCCN1CCCCC1.I. The molecule has 2 heterocycles. The van der Waals surface area contributed by atoms with Gasteiger partial charge in [-0.25, -0.2) is 0 Å². The summed E-state index contributed by atoms with van der Waals surface area (Å²) in [4.78, 5) is 9.53. The molecule has 0 radical (unpaired) electrons. The van der Waals surface area contributed by atoms with Crippen molar-refractivity contribution < 1.29 is 0 Å². The normalized spacial score (nSPS) is 24.8. The van der Waals surface area contributed by atoms with Gasteiger partial charge in [-0.1, -0.05) is 13.3 Å². The molecule has 0 bridgehead atoms. The molecule has 2 saturated heterocycles. The summed E-state index contributed by atoms with van der Waals surface area (Å²) in [6, 6.07) is 0.599. The van der Waals surface area contributed by atoms with Crippen molar-refractivity contribution in [2.45, 2.75) is 45.1 Å². The van der Waals surface area contributed by atoms with Gasteiger partial charge >= 0.3 is 0 Å². The summed E-state index contributed by atoms with van der Waals surface area (Å²) in [7, 11) is 0. The van der Waals surface area contributed by atoms with E-state index in [1.807, 2.05) is 0 Å². The first kappa shape index (κ1) is 19.0. The van der Waals surface area contributed by atoms with E-state index in [1.54, 1.807) is 0 Å². The number of nitrogens with zero attached hydrogens (tertiary/aromatic N) is 3. The van der Waals surface area contributed by atoms with E-state index >= 15 is 0 Å². The number of halogens is 1. The molecule has 21 heavy (non-hydrogen) atoms. The largest absolute Gasteiger partial charge is 0.370 e. The van der Waals surface area contributed by atoms with E-state index in [1.165, 1.54) is 51.7 Å². The Morgan fingerprint density at radius 1 is 1.19 bits per heavy atom. The van der Waals surface area contributed by atoms with Gasteiger partial charge in [-0.05, 0) is 51.9 Å². The van der Waals surface area contributed by atoms with Gasteiger partial charge in [0.1, 0.15) is 0 Å². The van der Waals surface area contributed by atoms with Crippen molar-refractivity contribution in [1.29, 1.82) is 0 Å². The average Bonchev–Trinajstić information content (AvgIpc) is 2.94. The highest BCUT2D eigenvalue weighted by Gasteiger charge is 2.22. The number of rotatable bonds is 6. The van der Waals surface area contributed by atoms with Gasteiger partial charge in [-0.3, -0.25) is 9.89 Å². The van der Waals surface area contributed by atoms with E-state index in [-0.39, 0.29) is 24.0 Å². The van der Waals surface area contributed by atoms with Gasteiger partial charge in [0.2, 0.25) is 0 Å². The molecular weight excluding hydrogens is 377 g/mol. The summed E-state index contributed by atoms with van der Waals surface area (Å²) in [6.45, 7) is 9.90. The third-order valence-electron chi connectivity index (χ3n) is 4.56. The van der Waals surface area contributed by atoms with Gasteiger partial charge in [0, 0.05) is 19.1 Å². The summed E-state index contributed by atoms with van der Waals surface area (Å²) in [6.07, 6.45) is 6.65. The summed E-state index contributed by atoms with van der Waals surface area (Å²) in [5.74, 6) is 0.616. The van der Waals surface area contributed by atoms with Gasteiger partial charge in [0.25, 0.3) is 0 Å². The Kier molecular flexibility index (Phi) is 9.59. The van der Waals surface area contributed by atoms with E-state index in [2.05, 4.69) is 27.0 Å². The van der Waals surface area contributed by atoms with Crippen molar-refractivity contribution in [3.8, 4) is 0 Å². The van der Waals surface area contributed by atoms with Crippen LogP contribution in [-0.2, 0) is 0 Å². The molecule has 0 aliphatic carbocycles. The Balaban J connectivity index is 0.00000220. The molecule has 1 atom stereocenters. The molecule has 2 aliphatic heterocycles. The molecule has 2 aliphatic rings. The van der Waals surface area contributed by atoms with E-state index in [0.29, 0.717) is 12.0 Å². The zero-order valence-electron chi connectivity index (χ0n) is 13.4. The Morgan fingerprint density at radius 3 is 2.67 bits per heavy atom. The number of piperidine rings is 1. The van der Waals surface area contributed by atoms with E-state index in [0.717, 1.165) is 26.2 Å². The Morgan fingerprint density at radius 2 is 1.95 bits per heavy atom. The van der Waals surface area contributed by atoms with Crippen molar-refractivity contribution in [2.24, 2.45) is 10.7 Å². The topological polar surface area (TPSA) is 56.9 Å². The number of hydrogen-bond acceptors (Lipinski definition) is 3. The van der Waals surface area contributed by atoms with Crippen LogP contribution >= 0.6 is 24.0 Å². The zero-order valence-corrected chi connectivity index (χ0v) is 15.7. The maximum absolute atomic E-state index is 5.96. The van der Waals surface area contributed by atoms with Crippen LogP contribution < -0.4 is 11.1 Å². The van der Waals surface area contributed by atoms with Gasteiger partial charge in [0.05, 0.1) is 6.54 Å². The highest BCUT2D eigenvalue weighted by molar-refractivity contribution is 14.0. The van der Waals surface area contributed by atoms with Gasteiger partial charge in [-0.2, -0.15) is 0 Å². The lowest BCUT2D eigenvalue weighted by atomic mass is 10.1. The third-order valence-corrected chi connectivity index (χ3v) is 4.56. The number of guanidine groups is 1. The molecule has 3 N–H and O–H groups in total. The molecular formula is C15H32IN5. The molecule has 1 unspecified atom stereocenters. The second kappa shape index (κ2) is 10.6. The van der Waals surface area contributed by atoms with Crippen molar-refractivity contribution >= 4 is 29.9 Å². The number of nitrogens with two attached hydrogens (primary N) is 1. The van der Waals surface area contributed by atoms with Crippen molar-refractivity contribution in [3.05, 3.63) is 0 Å². The lowest BCUT2D eigenvalue weighted by molar-refractivity contribution is 0.232. The van der Waals surface area contributed by atoms with Crippen LogP contribution in [0.25, 0.3) is 0 Å². The monoisotopic (exact) mass is 409 g/mol. The Bertz CT molecular complexity index is 304. The molecule has 5 nitrogen and oxygen atoms in total. The van der Waals surface area contributed by atoms with Crippen LogP contribution in [0.2, 0.25) is 0 Å².